The number of likely N-dealkylation sites (N-methyl/N-ethyl adjacent to an activating group) is 1. The number of hydrogen-bond acceptors (Lipinski definition) is 3. The van der Waals surface area contributed by atoms with Crippen molar-refractivity contribution in [2.45, 2.75) is 19.4 Å². The molecule has 0 spiro atoms. The van der Waals surface area contributed by atoms with Crippen LogP contribution in [0.1, 0.15) is 24.3 Å². The summed E-state index contributed by atoms with van der Waals surface area (Å²) in [6.07, 6.45) is 0. The normalized spacial score (nSPS) is 11.3. The molecule has 1 rings (SSSR count). The molecule has 0 aliphatic heterocycles. The molecule has 0 aromatic carbocycles. The van der Waals surface area contributed by atoms with Gasteiger partial charge in [0.05, 0.1) is 12.1 Å². The van der Waals surface area contributed by atoms with Crippen LogP contribution in [0, 0.1) is 5.95 Å². The van der Waals surface area contributed by atoms with E-state index in [9.17, 15) is 9.18 Å². The number of aliphatic hydroxyl groups excluding tert-OH is 1. The van der Waals surface area contributed by atoms with Gasteiger partial charge in [0, 0.05) is 7.05 Å². The van der Waals surface area contributed by atoms with Crippen LogP contribution in [0.4, 0.5) is 4.39 Å². The Labute approximate surface area is 93.7 Å². The number of pyridine rings is 1. The molecule has 4 nitrogen and oxygen atoms in total. The Balaban J connectivity index is 2.95. The highest BCUT2D eigenvalue weighted by molar-refractivity contribution is 5.92. The first-order chi connectivity index (χ1) is 7.38. The third-order valence-corrected chi connectivity index (χ3v) is 2.53. The van der Waals surface area contributed by atoms with Gasteiger partial charge in [0.15, 0.2) is 0 Å². The second kappa shape index (κ2) is 4.57. The van der Waals surface area contributed by atoms with Crippen LogP contribution in [0.25, 0.3) is 0 Å². The van der Waals surface area contributed by atoms with E-state index in [2.05, 4.69) is 4.98 Å². The minimum absolute atomic E-state index is 0.0315. The first-order valence-electron chi connectivity index (χ1n) is 4.90. The van der Waals surface area contributed by atoms with E-state index < -0.39 is 17.4 Å². The third-order valence-electron chi connectivity index (χ3n) is 2.53. The summed E-state index contributed by atoms with van der Waals surface area (Å²) >= 11 is 0. The Morgan fingerprint density at radius 3 is 2.69 bits per heavy atom. The van der Waals surface area contributed by atoms with E-state index in [1.54, 1.807) is 20.9 Å². The van der Waals surface area contributed by atoms with Crippen LogP contribution in [0.15, 0.2) is 18.2 Å². The minimum Gasteiger partial charge on any atom is -0.394 e. The highest BCUT2D eigenvalue weighted by atomic mass is 19.1. The Bertz CT molecular complexity index is 393. The number of carbonyl (C=O) groups is 1. The maximum Gasteiger partial charge on any atom is 0.272 e. The van der Waals surface area contributed by atoms with Gasteiger partial charge >= 0.3 is 0 Å². The van der Waals surface area contributed by atoms with E-state index in [0.29, 0.717) is 0 Å². The van der Waals surface area contributed by atoms with Gasteiger partial charge in [-0.15, -0.1) is 0 Å². The number of aliphatic hydroxyl groups is 1. The highest BCUT2D eigenvalue weighted by Gasteiger charge is 2.28. The van der Waals surface area contributed by atoms with Crippen LogP contribution >= 0.6 is 0 Å². The van der Waals surface area contributed by atoms with E-state index in [0.717, 1.165) is 0 Å². The van der Waals surface area contributed by atoms with Gasteiger partial charge in [0.25, 0.3) is 5.91 Å². The van der Waals surface area contributed by atoms with Gasteiger partial charge in [0.1, 0.15) is 5.69 Å². The van der Waals surface area contributed by atoms with Crippen LogP contribution in [0.2, 0.25) is 0 Å². The van der Waals surface area contributed by atoms with Gasteiger partial charge < -0.3 is 10.0 Å². The molecule has 0 aliphatic carbocycles. The summed E-state index contributed by atoms with van der Waals surface area (Å²) in [5.41, 5.74) is -0.672. The number of carbonyl (C=O) groups excluding carboxylic acids is 1. The Kier molecular flexibility index (Phi) is 3.59. The van der Waals surface area contributed by atoms with Gasteiger partial charge in [-0.3, -0.25) is 4.79 Å². The summed E-state index contributed by atoms with van der Waals surface area (Å²) in [7, 11) is 1.55. The number of aromatic nitrogens is 1. The Hall–Kier alpha value is -1.49. The third kappa shape index (κ3) is 2.55. The maximum absolute atomic E-state index is 12.8. The molecule has 1 aromatic heterocycles. The predicted octanol–water partition coefficient (Wildman–Crippen LogP) is 1.06. The average Bonchev–Trinajstić information content (AvgIpc) is 2.27. The van der Waals surface area contributed by atoms with Gasteiger partial charge in [-0.05, 0) is 26.0 Å². The van der Waals surface area contributed by atoms with E-state index in [-0.39, 0.29) is 12.3 Å². The van der Waals surface area contributed by atoms with E-state index in [4.69, 9.17) is 5.11 Å². The number of rotatable bonds is 3. The number of amides is 1. The molecule has 0 fully saturated rings. The Morgan fingerprint density at radius 2 is 2.19 bits per heavy atom. The first-order valence-corrected chi connectivity index (χ1v) is 4.90. The van der Waals surface area contributed by atoms with Gasteiger partial charge in [-0.25, -0.2) is 4.98 Å². The second-order valence-corrected chi connectivity index (χ2v) is 4.18. The maximum atomic E-state index is 12.8. The number of halogens is 1. The van der Waals surface area contributed by atoms with Gasteiger partial charge in [-0.2, -0.15) is 4.39 Å². The molecule has 1 aromatic rings. The zero-order chi connectivity index (χ0) is 12.3. The molecule has 1 N–H and O–H groups in total. The summed E-state index contributed by atoms with van der Waals surface area (Å²) in [5.74, 6) is -1.11. The minimum atomic E-state index is -0.703. The standard InChI is InChI=1S/C11H15FN2O2/c1-11(2,7-15)14(3)10(16)8-5-4-6-9(12)13-8/h4-6,15H,7H2,1-3H3. The number of nitrogens with zero attached hydrogens (tertiary/aromatic N) is 2. The molecule has 0 unspecified atom stereocenters. The highest BCUT2D eigenvalue weighted by Crippen LogP contribution is 2.14. The molecular formula is C11H15FN2O2. The van der Waals surface area contributed by atoms with Crippen molar-refractivity contribution in [2.75, 3.05) is 13.7 Å². The summed E-state index contributed by atoms with van der Waals surface area (Å²) in [6, 6.07) is 4.04. The molecule has 0 radical (unpaired) electrons. The molecule has 0 bridgehead atoms. The van der Waals surface area contributed by atoms with E-state index in [1.165, 1.54) is 23.1 Å². The van der Waals surface area contributed by atoms with Gasteiger partial charge in [-0.1, -0.05) is 6.07 Å². The van der Waals surface area contributed by atoms with Crippen LogP contribution in [-0.4, -0.2) is 40.1 Å². The number of hydrogen-bond donors (Lipinski definition) is 1. The molecule has 88 valence electrons. The molecular weight excluding hydrogens is 211 g/mol. The summed E-state index contributed by atoms with van der Waals surface area (Å²) in [4.78, 5) is 16.7. The fourth-order valence-electron chi connectivity index (χ4n) is 1.08. The summed E-state index contributed by atoms with van der Waals surface area (Å²) < 4.78 is 12.8. The van der Waals surface area contributed by atoms with Crippen LogP contribution in [0.3, 0.4) is 0 Å². The molecule has 0 saturated carbocycles. The molecule has 0 saturated heterocycles. The quantitative estimate of drug-likeness (QED) is 0.784. The predicted molar refractivity (Wildman–Crippen MR) is 57.5 cm³/mol. The second-order valence-electron chi connectivity index (χ2n) is 4.18. The van der Waals surface area contributed by atoms with Crippen molar-refractivity contribution < 1.29 is 14.3 Å². The summed E-state index contributed by atoms with van der Waals surface area (Å²) in [5, 5.41) is 9.13. The smallest absolute Gasteiger partial charge is 0.272 e. The molecule has 16 heavy (non-hydrogen) atoms. The molecule has 5 heteroatoms. The lowest BCUT2D eigenvalue weighted by Gasteiger charge is -2.33. The lowest BCUT2D eigenvalue weighted by Crippen LogP contribution is -2.47. The van der Waals surface area contributed by atoms with Crippen molar-refractivity contribution in [1.29, 1.82) is 0 Å². The molecule has 0 atom stereocenters. The zero-order valence-electron chi connectivity index (χ0n) is 9.57. The van der Waals surface area contributed by atoms with E-state index >= 15 is 0 Å². The monoisotopic (exact) mass is 226 g/mol. The largest absolute Gasteiger partial charge is 0.394 e. The zero-order valence-corrected chi connectivity index (χ0v) is 9.57. The fraction of sp³-hybridized carbons (Fsp3) is 0.455. The average molecular weight is 226 g/mol. The van der Waals surface area contributed by atoms with Gasteiger partial charge in [0.2, 0.25) is 5.95 Å². The lowest BCUT2D eigenvalue weighted by molar-refractivity contribution is 0.0466. The SMILES string of the molecule is CN(C(=O)c1cccc(F)n1)C(C)(C)CO. The summed E-state index contributed by atoms with van der Waals surface area (Å²) in [6.45, 7) is 3.25. The Morgan fingerprint density at radius 1 is 1.56 bits per heavy atom. The fourth-order valence-corrected chi connectivity index (χ4v) is 1.08. The first kappa shape index (κ1) is 12.6. The molecule has 1 heterocycles. The van der Waals surface area contributed by atoms with Crippen molar-refractivity contribution in [3.8, 4) is 0 Å². The molecule has 0 aliphatic rings. The van der Waals surface area contributed by atoms with Crippen molar-refractivity contribution in [2.24, 2.45) is 0 Å². The topological polar surface area (TPSA) is 53.4 Å². The molecule has 1 amide bonds. The van der Waals surface area contributed by atoms with Crippen molar-refractivity contribution in [3.63, 3.8) is 0 Å². The van der Waals surface area contributed by atoms with Crippen LogP contribution in [0.5, 0.6) is 0 Å². The van der Waals surface area contributed by atoms with Crippen molar-refractivity contribution >= 4 is 5.91 Å². The van der Waals surface area contributed by atoms with Crippen LogP contribution < -0.4 is 0 Å². The lowest BCUT2D eigenvalue weighted by atomic mass is 10.0. The van der Waals surface area contributed by atoms with Crippen molar-refractivity contribution in [3.05, 3.63) is 29.8 Å². The van der Waals surface area contributed by atoms with E-state index in [1.807, 2.05) is 0 Å². The van der Waals surface area contributed by atoms with Crippen molar-refractivity contribution in [1.82, 2.24) is 9.88 Å². The van der Waals surface area contributed by atoms with Crippen LogP contribution in [-0.2, 0) is 0 Å².